The number of aryl methyl sites for hydroxylation is 1. The Balaban J connectivity index is 2.42. The fraction of sp³-hybridized carbons (Fsp3) is 0.533. The predicted octanol–water partition coefficient (Wildman–Crippen LogP) is 2.25. The zero-order chi connectivity index (χ0) is 15.3. The Morgan fingerprint density at radius 1 is 1.40 bits per heavy atom. The fourth-order valence-electron chi connectivity index (χ4n) is 2.32. The number of aromatic hydroxyl groups is 2. The van der Waals surface area contributed by atoms with Gasteiger partial charge in [-0.3, -0.25) is 4.79 Å². The maximum atomic E-state index is 10.9. The summed E-state index contributed by atoms with van der Waals surface area (Å²) in [6.07, 6.45) is 2.77. The number of hydrogen-bond acceptors (Lipinski definition) is 4. The molecule has 2 atom stereocenters. The normalized spacial score (nSPS) is 15.6. The largest absolute Gasteiger partial charge is 0.508 e. The summed E-state index contributed by atoms with van der Waals surface area (Å²) in [6, 6.07) is 4.56. The smallest absolute Gasteiger partial charge is 0.323 e. The van der Waals surface area contributed by atoms with Crippen LogP contribution in [0.3, 0.4) is 0 Å². The molecule has 0 heterocycles. The van der Waals surface area contributed by atoms with Crippen LogP contribution in [0.25, 0.3) is 0 Å². The van der Waals surface area contributed by atoms with Gasteiger partial charge in [0, 0.05) is 6.07 Å². The van der Waals surface area contributed by atoms with Crippen molar-refractivity contribution in [3.63, 3.8) is 0 Å². The van der Waals surface area contributed by atoms with Crippen molar-refractivity contribution in [1.82, 2.24) is 0 Å². The lowest BCUT2D eigenvalue weighted by atomic mass is 9.87. The summed E-state index contributed by atoms with van der Waals surface area (Å²) in [5.41, 5.74) is 5.30. The first-order valence-corrected chi connectivity index (χ1v) is 6.75. The average molecular weight is 281 g/mol. The molecule has 0 aliphatic heterocycles. The highest BCUT2D eigenvalue weighted by atomic mass is 16.4. The van der Waals surface area contributed by atoms with E-state index >= 15 is 0 Å². The topological polar surface area (TPSA) is 104 Å². The van der Waals surface area contributed by atoms with E-state index in [4.69, 9.17) is 10.8 Å². The molecule has 0 aromatic heterocycles. The first-order chi connectivity index (χ1) is 9.22. The van der Waals surface area contributed by atoms with E-state index in [1.54, 1.807) is 12.1 Å². The Hall–Kier alpha value is -1.75. The van der Waals surface area contributed by atoms with Crippen molar-refractivity contribution in [2.75, 3.05) is 0 Å². The minimum atomic E-state index is -1.19. The van der Waals surface area contributed by atoms with Crippen LogP contribution in [0.1, 0.15) is 38.7 Å². The number of carboxylic acids is 1. The summed E-state index contributed by atoms with van der Waals surface area (Å²) in [5.74, 6) is -0.660. The Labute approximate surface area is 119 Å². The van der Waals surface area contributed by atoms with Crippen molar-refractivity contribution in [2.45, 2.75) is 45.1 Å². The van der Waals surface area contributed by atoms with Gasteiger partial charge >= 0.3 is 5.97 Å². The van der Waals surface area contributed by atoms with Crippen molar-refractivity contribution >= 4 is 5.97 Å². The highest BCUT2D eigenvalue weighted by Gasteiger charge is 2.29. The van der Waals surface area contributed by atoms with E-state index < -0.39 is 11.5 Å². The van der Waals surface area contributed by atoms with E-state index in [1.807, 2.05) is 6.92 Å². The SMILES string of the molecule is CC(CCCc1ccc(O)cc1O)CC(C)(N)C(=O)O. The maximum Gasteiger partial charge on any atom is 0.323 e. The van der Waals surface area contributed by atoms with Gasteiger partial charge in [-0.2, -0.15) is 0 Å². The highest BCUT2D eigenvalue weighted by molar-refractivity contribution is 5.77. The second-order valence-electron chi connectivity index (χ2n) is 5.74. The molecule has 5 N–H and O–H groups in total. The molecule has 0 fully saturated rings. The van der Waals surface area contributed by atoms with Gasteiger partial charge in [-0.05, 0) is 43.7 Å². The summed E-state index contributed by atoms with van der Waals surface area (Å²) < 4.78 is 0. The third-order valence-corrected chi connectivity index (χ3v) is 3.47. The van der Waals surface area contributed by atoms with Crippen molar-refractivity contribution in [3.05, 3.63) is 23.8 Å². The van der Waals surface area contributed by atoms with Crippen LogP contribution >= 0.6 is 0 Å². The number of carbonyl (C=O) groups is 1. The first-order valence-electron chi connectivity index (χ1n) is 6.75. The number of benzene rings is 1. The standard InChI is InChI=1S/C15H23NO4/c1-10(9-15(2,16)14(19)20)4-3-5-11-6-7-12(17)8-13(11)18/h6-8,10,17-18H,3-5,9,16H2,1-2H3,(H,19,20). The number of nitrogens with two attached hydrogens (primary N) is 1. The number of aliphatic carboxylic acids is 1. The van der Waals surface area contributed by atoms with Crippen molar-refractivity contribution < 1.29 is 20.1 Å². The summed E-state index contributed by atoms with van der Waals surface area (Å²) in [5, 5.41) is 27.8. The lowest BCUT2D eigenvalue weighted by Gasteiger charge is -2.23. The summed E-state index contributed by atoms with van der Waals surface area (Å²) in [4.78, 5) is 10.9. The van der Waals surface area contributed by atoms with Crippen molar-refractivity contribution in [3.8, 4) is 11.5 Å². The zero-order valence-corrected chi connectivity index (χ0v) is 12.0. The molecule has 0 saturated heterocycles. The molecule has 0 saturated carbocycles. The van der Waals surface area contributed by atoms with Gasteiger partial charge in [0.2, 0.25) is 0 Å². The van der Waals surface area contributed by atoms with E-state index in [2.05, 4.69) is 0 Å². The monoisotopic (exact) mass is 281 g/mol. The molecule has 20 heavy (non-hydrogen) atoms. The number of rotatable bonds is 7. The summed E-state index contributed by atoms with van der Waals surface area (Å²) in [6.45, 7) is 3.50. The molecule has 0 bridgehead atoms. The van der Waals surface area contributed by atoms with Crippen LogP contribution in [0, 0.1) is 5.92 Å². The molecule has 5 nitrogen and oxygen atoms in total. The highest BCUT2D eigenvalue weighted by Crippen LogP contribution is 2.25. The molecule has 1 aromatic rings. The molecular weight excluding hydrogens is 258 g/mol. The lowest BCUT2D eigenvalue weighted by molar-refractivity contribution is -0.143. The summed E-state index contributed by atoms with van der Waals surface area (Å²) in [7, 11) is 0. The van der Waals surface area contributed by atoms with Crippen LogP contribution in [-0.4, -0.2) is 26.8 Å². The molecule has 1 rings (SSSR count). The Morgan fingerprint density at radius 2 is 2.05 bits per heavy atom. The van der Waals surface area contributed by atoms with Crippen LogP contribution in [0.2, 0.25) is 0 Å². The lowest BCUT2D eigenvalue weighted by Crippen LogP contribution is -2.46. The Morgan fingerprint density at radius 3 is 2.60 bits per heavy atom. The third kappa shape index (κ3) is 4.74. The van der Waals surface area contributed by atoms with Gasteiger partial charge in [-0.25, -0.2) is 0 Å². The number of phenols is 2. The quantitative estimate of drug-likeness (QED) is 0.613. The van der Waals surface area contributed by atoms with Crippen LogP contribution in [0.4, 0.5) is 0 Å². The van der Waals surface area contributed by atoms with Gasteiger partial charge in [0.05, 0.1) is 0 Å². The van der Waals surface area contributed by atoms with E-state index in [-0.39, 0.29) is 17.4 Å². The van der Waals surface area contributed by atoms with E-state index in [9.17, 15) is 15.0 Å². The molecule has 5 heteroatoms. The first kappa shape index (κ1) is 16.3. The minimum absolute atomic E-state index is 0.0416. The molecule has 2 unspecified atom stereocenters. The van der Waals surface area contributed by atoms with Gasteiger partial charge < -0.3 is 21.1 Å². The van der Waals surface area contributed by atoms with Gasteiger partial charge in [0.1, 0.15) is 17.0 Å². The molecule has 0 amide bonds. The average Bonchev–Trinajstić information content (AvgIpc) is 2.31. The fourth-order valence-corrected chi connectivity index (χ4v) is 2.32. The number of phenolic OH excluding ortho intramolecular Hbond substituents is 2. The minimum Gasteiger partial charge on any atom is -0.508 e. The van der Waals surface area contributed by atoms with Gasteiger partial charge in [-0.1, -0.05) is 19.4 Å². The zero-order valence-electron chi connectivity index (χ0n) is 12.0. The Bertz CT molecular complexity index is 471. The van der Waals surface area contributed by atoms with Crippen LogP contribution in [-0.2, 0) is 11.2 Å². The van der Waals surface area contributed by atoms with Crippen LogP contribution in [0.5, 0.6) is 11.5 Å². The maximum absolute atomic E-state index is 10.9. The second-order valence-corrected chi connectivity index (χ2v) is 5.74. The van der Waals surface area contributed by atoms with Gasteiger partial charge in [-0.15, -0.1) is 0 Å². The van der Waals surface area contributed by atoms with Crippen LogP contribution in [0.15, 0.2) is 18.2 Å². The molecule has 0 radical (unpaired) electrons. The number of carboxylic acid groups (broad SMARTS) is 1. The molecule has 1 aromatic carbocycles. The summed E-state index contributed by atoms with van der Waals surface area (Å²) >= 11 is 0. The molecule has 112 valence electrons. The second kappa shape index (κ2) is 6.61. The van der Waals surface area contributed by atoms with Gasteiger partial charge in [0.25, 0.3) is 0 Å². The third-order valence-electron chi connectivity index (χ3n) is 3.47. The van der Waals surface area contributed by atoms with Crippen molar-refractivity contribution in [2.24, 2.45) is 11.7 Å². The van der Waals surface area contributed by atoms with E-state index in [1.165, 1.54) is 13.0 Å². The van der Waals surface area contributed by atoms with E-state index in [0.29, 0.717) is 12.8 Å². The van der Waals surface area contributed by atoms with Crippen molar-refractivity contribution in [1.29, 1.82) is 0 Å². The molecule has 0 spiro atoms. The predicted molar refractivity (Wildman–Crippen MR) is 76.7 cm³/mol. The molecule has 0 aliphatic carbocycles. The van der Waals surface area contributed by atoms with Gasteiger partial charge in [0.15, 0.2) is 0 Å². The van der Waals surface area contributed by atoms with E-state index in [0.717, 1.165) is 18.4 Å². The Kier molecular flexibility index (Phi) is 5.39. The number of hydrogen-bond donors (Lipinski definition) is 4. The molecule has 0 aliphatic rings. The van der Waals surface area contributed by atoms with Crippen LogP contribution < -0.4 is 5.73 Å². The molecular formula is C15H23NO4.